The zero-order chi connectivity index (χ0) is 11.3. The molecule has 0 amide bonds. The van der Waals surface area contributed by atoms with Gasteiger partial charge in [-0.15, -0.1) is 0 Å². The van der Waals surface area contributed by atoms with Gasteiger partial charge in [0.05, 0.1) is 5.56 Å². The van der Waals surface area contributed by atoms with Crippen molar-refractivity contribution in [2.45, 2.75) is 25.2 Å². The molecule has 2 N–H and O–H groups in total. The maximum absolute atomic E-state index is 11.8. The summed E-state index contributed by atoms with van der Waals surface area (Å²) in [5, 5.41) is 19.4. The largest absolute Gasteiger partial charge is 0.481 e. The Morgan fingerprint density at radius 3 is 2.47 bits per heavy atom. The lowest BCUT2D eigenvalue weighted by Crippen LogP contribution is -2.61. The maximum atomic E-state index is 11.8. The van der Waals surface area contributed by atoms with Gasteiger partial charge in [0.15, 0.2) is 5.60 Å². The number of hydrogen-bond donors (Lipinski definition) is 2. The molecule has 0 atom stereocenters. The Bertz CT molecular complexity index is 420. The summed E-state index contributed by atoms with van der Waals surface area (Å²) >= 11 is 0. The number of ether oxygens (including phenoxy) is 1. The van der Waals surface area contributed by atoms with Gasteiger partial charge >= 0.3 is 0 Å². The van der Waals surface area contributed by atoms with E-state index in [4.69, 9.17) is 4.74 Å². The van der Waals surface area contributed by atoms with E-state index < -0.39 is 17.2 Å². The second-order valence-corrected chi connectivity index (χ2v) is 4.11. The van der Waals surface area contributed by atoms with Gasteiger partial charge in [0.25, 0.3) is 5.79 Å². The third-order valence-corrected chi connectivity index (χ3v) is 2.65. The van der Waals surface area contributed by atoms with Crippen molar-refractivity contribution in [2.24, 2.45) is 0 Å². The molecule has 0 aliphatic carbocycles. The van der Waals surface area contributed by atoms with E-state index in [1.54, 1.807) is 18.2 Å². The van der Waals surface area contributed by atoms with Gasteiger partial charge in [-0.25, -0.2) is 0 Å². The number of hydrogen-bond acceptors (Lipinski definition) is 4. The van der Waals surface area contributed by atoms with E-state index in [9.17, 15) is 15.0 Å². The maximum Gasteiger partial charge on any atom is 0.269 e. The highest BCUT2D eigenvalue weighted by atomic mass is 16.6. The molecular formula is C11H12O4. The van der Waals surface area contributed by atoms with Gasteiger partial charge < -0.3 is 14.9 Å². The molecule has 80 valence electrons. The molecule has 0 bridgehead atoms. The number of Topliss-reactive ketones (excluding diaryl/α,β-unsaturated/α-hetero) is 1. The molecule has 4 nitrogen and oxygen atoms in total. The Morgan fingerprint density at radius 2 is 1.80 bits per heavy atom. The highest BCUT2D eigenvalue weighted by Gasteiger charge is 2.54. The molecule has 1 heterocycles. The van der Waals surface area contributed by atoms with Gasteiger partial charge in [0, 0.05) is 0 Å². The number of aliphatic hydroxyl groups is 2. The van der Waals surface area contributed by atoms with Crippen LogP contribution in [0.3, 0.4) is 0 Å². The molecule has 1 aromatic rings. The number of rotatable bonds is 0. The molecule has 1 aromatic carbocycles. The molecule has 2 rings (SSSR count). The third-order valence-electron chi connectivity index (χ3n) is 2.65. The molecule has 0 saturated heterocycles. The highest BCUT2D eigenvalue weighted by molar-refractivity contribution is 6.05. The minimum Gasteiger partial charge on any atom is -0.481 e. The molecule has 15 heavy (non-hydrogen) atoms. The summed E-state index contributed by atoms with van der Waals surface area (Å²) in [6.45, 7) is 2.92. The van der Waals surface area contributed by atoms with Crippen LogP contribution in [0.25, 0.3) is 0 Å². The predicted molar refractivity (Wildman–Crippen MR) is 52.6 cm³/mol. The van der Waals surface area contributed by atoms with Crippen LogP contribution in [0.1, 0.15) is 24.2 Å². The quantitative estimate of drug-likeness (QED) is 0.616. The topological polar surface area (TPSA) is 66.8 Å². The summed E-state index contributed by atoms with van der Waals surface area (Å²) < 4.78 is 5.38. The Morgan fingerprint density at radius 1 is 1.20 bits per heavy atom. The lowest BCUT2D eigenvalue weighted by molar-refractivity contribution is -0.220. The Labute approximate surface area is 87.1 Å². The first kappa shape index (κ1) is 10.1. The second-order valence-electron chi connectivity index (χ2n) is 4.11. The minimum absolute atomic E-state index is 0.196. The van der Waals surface area contributed by atoms with E-state index >= 15 is 0 Å². The van der Waals surface area contributed by atoms with E-state index in [2.05, 4.69) is 0 Å². The first-order valence-corrected chi connectivity index (χ1v) is 4.64. The Hall–Kier alpha value is -1.39. The smallest absolute Gasteiger partial charge is 0.269 e. The molecule has 1 aliphatic rings. The van der Waals surface area contributed by atoms with E-state index in [0.717, 1.165) is 0 Å². The fourth-order valence-electron chi connectivity index (χ4n) is 1.55. The number of para-hydroxylation sites is 1. The van der Waals surface area contributed by atoms with Crippen molar-refractivity contribution in [3.63, 3.8) is 0 Å². The van der Waals surface area contributed by atoms with Crippen LogP contribution in [0, 0.1) is 0 Å². The van der Waals surface area contributed by atoms with Crippen molar-refractivity contribution < 1.29 is 19.7 Å². The molecular weight excluding hydrogens is 196 g/mol. The zero-order valence-corrected chi connectivity index (χ0v) is 8.52. The predicted octanol–water partition coefficient (Wildman–Crippen LogP) is 0.721. The minimum atomic E-state index is -2.48. The van der Waals surface area contributed by atoms with Crippen LogP contribution in [-0.4, -0.2) is 27.4 Å². The van der Waals surface area contributed by atoms with E-state index in [0.29, 0.717) is 5.75 Å². The normalized spacial score (nSPS) is 21.7. The van der Waals surface area contributed by atoms with Gasteiger partial charge in [0.2, 0.25) is 5.78 Å². The summed E-state index contributed by atoms with van der Waals surface area (Å²) in [7, 11) is 0. The molecule has 4 heteroatoms. The standard InChI is InChI=1S/C11H12O4/c1-10(2)11(13,14)9(12)7-5-3-4-6-8(7)15-10/h3-6,13-14H,1-2H3. The third kappa shape index (κ3) is 1.26. The average molecular weight is 208 g/mol. The van der Waals surface area contributed by atoms with Gasteiger partial charge in [-0.1, -0.05) is 12.1 Å². The first-order valence-electron chi connectivity index (χ1n) is 4.64. The van der Waals surface area contributed by atoms with Crippen LogP contribution >= 0.6 is 0 Å². The molecule has 0 fully saturated rings. The lowest BCUT2D eigenvalue weighted by Gasteiger charge is -2.41. The van der Waals surface area contributed by atoms with Gasteiger partial charge in [-0.2, -0.15) is 0 Å². The highest BCUT2D eigenvalue weighted by Crippen LogP contribution is 2.37. The molecule has 0 spiro atoms. The summed E-state index contributed by atoms with van der Waals surface area (Å²) in [6.07, 6.45) is 0. The first-order chi connectivity index (χ1) is 6.86. The van der Waals surface area contributed by atoms with Crippen molar-refractivity contribution in [3.8, 4) is 5.75 Å². The van der Waals surface area contributed by atoms with Crippen LogP contribution in [0.2, 0.25) is 0 Å². The number of benzene rings is 1. The number of ketones is 1. The van der Waals surface area contributed by atoms with Gasteiger partial charge in [0.1, 0.15) is 5.75 Å². The summed E-state index contributed by atoms with van der Waals surface area (Å²) in [5.74, 6) is -2.83. The van der Waals surface area contributed by atoms with E-state index in [1.807, 2.05) is 0 Å². The van der Waals surface area contributed by atoms with Crippen LogP contribution in [0.5, 0.6) is 5.75 Å². The van der Waals surface area contributed by atoms with Crippen LogP contribution in [0.15, 0.2) is 24.3 Å². The summed E-state index contributed by atoms with van der Waals surface area (Å²) in [6, 6.07) is 6.51. The van der Waals surface area contributed by atoms with Crippen LogP contribution < -0.4 is 4.74 Å². The van der Waals surface area contributed by atoms with Crippen molar-refractivity contribution in [3.05, 3.63) is 29.8 Å². The fourth-order valence-corrected chi connectivity index (χ4v) is 1.55. The number of carbonyl (C=O) groups is 1. The monoisotopic (exact) mass is 208 g/mol. The lowest BCUT2D eigenvalue weighted by atomic mass is 9.86. The van der Waals surface area contributed by atoms with Crippen LogP contribution in [-0.2, 0) is 0 Å². The average Bonchev–Trinajstić information content (AvgIpc) is 2.15. The van der Waals surface area contributed by atoms with Crippen molar-refractivity contribution >= 4 is 5.78 Å². The zero-order valence-electron chi connectivity index (χ0n) is 8.52. The van der Waals surface area contributed by atoms with Gasteiger partial charge in [-0.3, -0.25) is 4.79 Å². The Balaban J connectivity index is 2.61. The van der Waals surface area contributed by atoms with Gasteiger partial charge in [-0.05, 0) is 26.0 Å². The SMILES string of the molecule is CC1(C)Oc2ccccc2C(=O)C1(O)O. The fraction of sp³-hybridized carbons (Fsp3) is 0.364. The molecule has 0 aromatic heterocycles. The molecule has 0 radical (unpaired) electrons. The van der Waals surface area contributed by atoms with E-state index in [-0.39, 0.29) is 5.56 Å². The number of carbonyl (C=O) groups excluding carboxylic acids is 1. The van der Waals surface area contributed by atoms with Crippen molar-refractivity contribution in [1.82, 2.24) is 0 Å². The Kier molecular flexibility index (Phi) is 1.90. The van der Waals surface area contributed by atoms with Crippen molar-refractivity contribution in [2.75, 3.05) is 0 Å². The molecule has 0 unspecified atom stereocenters. The second kappa shape index (κ2) is 2.81. The molecule has 1 aliphatic heterocycles. The summed E-state index contributed by atoms with van der Waals surface area (Å²) in [4.78, 5) is 11.8. The van der Waals surface area contributed by atoms with E-state index in [1.165, 1.54) is 19.9 Å². The molecule has 0 saturated carbocycles. The van der Waals surface area contributed by atoms with Crippen LogP contribution in [0.4, 0.5) is 0 Å². The summed E-state index contributed by atoms with van der Waals surface area (Å²) in [5.41, 5.74) is -1.15. The van der Waals surface area contributed by atoms with Crippen molar-refractivity contribution in [1.29, 1.82) is 0 Å². The number of fused-ring (bicyclic) bond motifs is 1.